The molecule has 37 heavy (non-hydrogen) atoms. The van der Waals surface area contributed by atoms with Crippen LogP contribution < -0.4 is 5.56 Å². The van der Waals surface area contributed by atoms with Crippen molar-refractivity contribution in [2.24, 2.45) is 0 Å². The maximum atomic E-state index is 13.7. The number of nitrogens with one attached hydrogen (secondary N) is 2. The second kappa shape index (κ2) is 10.5. The lowest BCUT2D eigenvalue weighted by Crippen LogP contribution is -2.36. The second-order valence-corrected chi connectivity index (χ2v) is 11.0. The predicted octanol–water partition coefficient (Wildman–Crippen LogP) is 3.95. The first kappa shape index (κ1) is 25.2. The number of rotatable bonds is 11. The van der Waals surface area contributed by atoms with E-state index in [-0.39, 0.29) is 41.8 Å². The largest absolute Gasteiger partial charge is 0.462 e. The number of aromatic amines is 2. The number of fused-ring (bicyclic) bond motifs is 3. The lowest BCUT2D eigenvalue weighted by molar-refractivity contribution is 0.0507. The molecule has 0 radical (unpaired) electrons. The van der Waals surface area contributed by atoms with Crippen LogP contribution in [0.1, 0.15) is 42.1 Å². The van der Waals surface area contributed by atoms with Crippen LogP contribution in [0.4, 0.5) is 0 Å². The number of H-pyrrole nitrogens is 2. The fraction of sp³-hybridized carbons (Fsp3) is 0.333. The van der Waals surface area contributed by atoms with E-state index in [1.54, 1.807) is 6.07 Å². The molecule has 1 saturated carbocycles. The molecule has 5 rings (SSSR count). The van der Waals surface area contributed by atoms with Gasteiger partial charge in [-0.1, -0.05) is 37.3 Å². The summed E-state index contributed by atoms with van der Waals surface area (Å²) in [7, 11) is -3.85. The minimum absolute atomic E-state index is 0.0662. The highest BCUT2D eigenvalue weighted by atomic mass is 32.2. The zero-order valence-electron chi connectivity index (χ0n) is 20.5. The molecule has 194 valence electrons. The van der Waals surface area contributed by atoms with E-state index in [2.05, 4.69) is 9.97 Å². The Morgan fingerprint density at radius 1 is 1.11 bits per heavy atom. The van der Waals surface area contributed by atoms with Crippen LogP contribution in [-0.2, 0) is 26.1 Å². The number of carbonyl (C=O) groups is 1. The smallest absolute Gasteiger partial charge is 0.340 e. The van der Waals surface area contributed by atoms with Gasteiger partial charge in [0.05, 0.1) is 30.3 Å². The number of sulfonamides is 1. The van der Waals surface area contributed by atoms with Crippen LogP contribution in [0.15, 0.2) is 64.4 Å². The summed E-state index contributed by atoms with van der Waals surface area (Å²) in [5.74, 6) is -0.566. The van der Waals surface area contributed by atoms with E-state index >= 15 is 0 Å². The fourth-order valence-corrected chi connectivity index (χ4v) is 6.11. The highest BCUT2D eigenvalue weighted by Gasteiger charge is 2.38. The van der Waals surface area contributed by atoms with Crippen LogP contribution in [0.3, 0.4) is 0 Å². The quantitative estimate of drug-likeness (QED) is 0.227. The van der Waals surface area contributed by atoms with Crippen molar-refractivity contribution < 1.29 is 22.7 Å². The Bertz CT molecular complexity index is 1590. The van der Waals surface area contributed by atoms with Gasteiger partial charge in [-0.25, -0.2) is 13.2 Å². The van der Waals surface area contributed by atoms with E-state index in [0.717, 1.165) is 18.4 Å². The fourth-order valence-electron chi connectivity index (χ4n) is 4.42. The summed E-state index contributed by atoms with van der Waals surface area (Å²) in [5.41, 5.74) is 1.45. The average Bonchev–Trinajstić information content (AvgIpc) is 3.63. The first-order valence-electron chi connectivity index (χ1n) is 12.4. The van der Waals surface area contributed by atoms with Gasteiger partial charge in [-0.15, -0.1) is 0 Å². The maximum Gasteiger partial charge on any atom is 0.340 e. The van der Waals surface area contributed by atoms with Gasteiger partial charge in [-0.05, 0) is 43.0 Å². The lowest BCUT2D eigenvalue weighted by atomic mass is 10.1. The van der Waals surface area contributed by atoms with Crippen LogP contribution in [0.2, 0.25) is 0 Å². The highest BCUT2D eigenvalue weighted by molar-refractivity contribution is 7.89. The first-order valence-corrected chi connectivity index (χ1v) is 13.8. The summed E-state index contributed by atoms with van der Waals surface area (Å²) in [4.78, 5) is 31.0. The highest BCUT2D eigenvalue weighted by Crippen LogP contribution is 2.34. The predicted molar refractivity (Wildman–Crippen MR) is 140 cm³/mol. The summed E-state index contributed by atoms with van der Waals surface area (Å²) >= 11 is 0. The molecule has 2 aromatic carbocycles. The maximum absolute atomic E-state index is 13.7. The van der Waals surface area contributed by atoms with Gasteiger partial charge < -0.3 is 19.4 Å². The van der Waals surface area contributed by atoms with Crippen LogP contribution >= 0.6 is 0 Å². The number of ether oxygens (including phenoxy) is 2. The zero-order valence-corrected chi connectivity index (χ0v) is 21.3. The molecule has 10 heteroatoms. The Morgan fingerprint density at radius 3 is 2.62 bits per heavy atom. The van der Waals surface area contributed by atoms with E-state index in [9.17, 15) is 18.0 Å². The molecule has 1 aliphatic carbocycles. The van der Waals surface area contributed by atoms with Gasteiger partial charge in [0.15, 0.2) is 0 Å². The molecule has 2 aromatic heterocycles. The summed E-state index contributed by atoms with van der Waals surface area (Å²) in [6.07, 6.45) is 3.69. The molecule has 0 spiro atoms. The molecule has 0 aliphatic heterocycles. The molecule has 0 bridgehead atoms. The van der Waals surface area contributed by atoms with Crippen molar-refractivity contribution in [3.8, 4) is 0 Å². The van der Waals surface area contributed by atoms with E-state index in [1.807, 2.05) is 37.3 Å². The molecule has 0 atom stereocenters. The van der Waals surface area contributed by atoms with Crippen LogP contribution in [0, 0.1) is 0 Å². The SMILES string of the molecule is CCCOC(=O)c1c[nH]c2c(=O)[nH]c3ccc(S(=O)(=O)N(CCOCc4ccccc4)C4CC4)cc3c12. The van der Waals surface area contributed by atoms with E-state index < -0.39 is 21.6 Å². The van der Waals surface area contributed by atoms with E-state index in [0.29, 0.717) is 29.3 Å². The number of aromatic nitrogens is 2. The Kier molecular flexibility index (Phi) is 7.14. The molecule has 4 aromatic rings. The summed E-state index contributed by atoms with van der Waals surface area (Å²) < 4.78 is 40.0. The van der Waals surface area contributed by atoms with Crippen molar-refractivity contribution in [2.45, 2.75) is 43.7 Å². The summed E-state index contributed by atoms with van der Waals surface area (Å²) in [5, 5.41) is 0.803. The van der Waals surface area contributed by atoms with Crippen molar-refractivity contribution in [3.05, 3.63) is 76.2 Å². The van der Waals surface area contributed by atoms with E-state index in [4.69, 9.17) is 9.47 Å². The number of hydrogen-bond acceptors (Lipinski definition) is 6. The number of pyridine rings is 1. The first-order chi connectivity index (χ1) is 17.9. The van der Waals surface area contributed by atoms with Gasteiger partial charge >= 0.3 is 5.97 Å². The molecule has 2 N–H and O–H groups in total. The number of nitrogens with zero attached hydrogens (tertiary/aromatic N) is 1. The van der Waals surface area contributed by atoms with Gasteiger partial charge in [0.2, 0.25) is 10.0 Å². The Morgan fingerprint density at radius 2 is 1.89 bits per heavy atom. The van der Waals surface area contributed by atoms with Gasteiger partial charge in [0.1, 0.15) is 5.52 Å². The third-order valence-corrected chi connectivity index (χ3v) is 8.35. The van der Waals surface area contributed by atoms with Crippen molar-refractivity contribution in [2.75, 3.05) is 19.8 Å². The zero-order chi connectivity index (χ0) is 26.0. The molecule has 0 unspecified atom stereocenters. The van der Waals surface area contributed by atoms with Crippen LogP contribution in [-0.4, -0.2) is 54.5 Å². The molecule has 0 amide bonds. The third kappa shape index (κ3) is 5.18. The Balaban J connectivity index is 1.46. The summed E-state index contributed by atoms with van der Waals surface area (Å²) in [6, 6.07) is 14.2. The number of hydrogen-bond donors (Lipinski definition) is 2. The molecular weight excluding hydrogens is 494 g/mol. The van der Waals surface area contributed by atoms with Crippen LogP contribution in [0.25, 0.3) is 21.8 Å². The Labute approximate surface area is 214 Å². The molecule has 1 aliphatic rings. The Hall–Kier alpha value is -3.47. The normalized spacial score (nSPS) is 14.0. The third-order valence-electron chi connectivity index (χ3n) is 6.40. The number of benzene rings is 2. The van der Waals surface area contributed by atoms with Crippen molar-refractivity contribution in [3.63, 3.8) is 0 Å². The van der Waals surface area contributed by atoms with Crippen LogP contribution in [0.5, 0.6) is 0 Å². The van der Waals surface area contributed by atoms with Gasteiger partial charge in [0.25, 0.3) is 5.56 Å². The van der Waals surface area contributed by atoms with Gasteiger partial charge in [0, 0.05) is 35.1 Å². The topological polar surface area (TPSA) is 122 Å². The average molecular weight is 524 g/mol. The second-order valence-electron chi connectivity index (χ2n) is 9.13. The molecule has 1 fully saturated rings. The lowest BCUT2D eigenvalue weighted by Gasteiger charge is -2.22. The molecule has 0 saturated heterocycles. The number of carbonyl (C=O) groups excluding carboxylic acids is 1. The minimum atomic E-state index is -3.85. The van der Waals surface area contributed by atoms with Crippen molar-refractivity contribution in [1.29, 1.82) is 0 Å². The van der Waals surface area contributed by atoms with E-state index in [1.165, 1.54) is 22.6 Å². The minimum Gasteiger partial charge on any atom is -0.462 e. The summed E-state index contributed by atoms with van der Waals surface area (Å²) in [6.45, 7) is 3.04. The van der Waals surface area contributed by atoms with Crippen molar-refractivity contribution >= 4 is 37.8 Å². The van der Waals surface area contributed by atoms with Crippen molar-refractivity contribution in [1.82, 2.24) is 14.3 Å². The van der Waals surface area contributed by atoms with Gasteiger partial charge in [-0.3, -0.25) is 4.79 Å². The monoisotopic (exact) mass is 523 g/mol. The molecular formula is C27H29N3O6S. The molecule has 2 heterocycles. The number of esters is 1. The molecule has 9 nitrogen and oxygen atoms in total. The van der Waals surface area contributed by atoms with Gasteiger partial charge in [-0.2, -0.15) is 4.31 Å². The standard InChI is InChI=1S/C27H29N3O6S/c1-2-13-36-27(32)22-16-28-25-24(22)21-15-20(10-11-23(21)29-26(25)31)37(33,34)30(19-8-9-19)12-14-35-17-18-6-4-3-5-7-18/h3-7,10-11,15-16,19,28H,2,8-9,12-14,17H2,1H3,(H,29,31).